The zero-order valence-corrected chi connectivity index (χ0v) is 10.7. The first-order valence-corrected chi connectivity index (χ1v) is 5.89. The molecule has 0 atom stereocenters. The molecule has 0 radical (unpaired) electrons. The highest BCUT2D eigenvalue weighted by atomic mass is 32.1. The number of nitrogens with one attached hydrogen (secondary N) is 2. The minimum absolute atomic E-state index is 0.00377. The van der Waals surface area contributed by atoms with Gasteiger partial charge in [-0.3, -0.25) is 24.5 Å². The highest BCUT2D eigenvalue weighted by Gasteiger charge is 2.08. The molecule has 19 heavy (non-hydrogen) atoms. The summed E-state index contributed by atoms with van der Waals surface area (Å²) in [5.41, 5.74) is 2.03. The molecule has 0 saturated carbocycles. The van der Waals surface area contributed by atoms with Crippen LogP contribution >= 0.6 is 11.3 Å². The van der Waals surface area contributed by atoms with Crippen LogP contribution < -0.4 is 10.8 Å². The van der Waals surface area contributed by atoms with Gasteiger partial charge in [-0.25, -0.2) is 5.48 Å². The van der Waals surface area contributed by atoms with Gasteiger partial charge in [0.1, 0.15) is 0 Å². The van der Waals surface area contributed by atoms with Crippen LogP contribution in [-0.2, 0) is 14.4 Å². The Morgan fingerprint density at radius 2 is 2.26 bits per heavy atom. The lowest BCUT2D eigenvalue weighted by Gasteiger charge is -2.01. The van der Waals surface area contributed by atoms with E-state index in [1.54, 1.807) is 0 Å². The molecule has 102 valence electrons. The Morgan fingerprint density at radius 1 is 1.53 bits per heavy atom. The van der Waals surface area contributed by atoms with Crippen molar-refractivity contribution in [3.8, 4) is 0 Å². The number of amides is 2. The molecule has 1 aromatic heterocycles. The molecule has 0 bridgehead atoms. The molecule has 0 aliphatic rings. The van der Waals surface area contributed by atoms with Gasteiger partial charge in [0, 0.05) is 24.1 Å². The number of hydroxylamine groups is 1. The van der Waals surface area contributed by atoms with Crippen LogP contribution in [0.2, 0.25) is 0 Å². The molecule has 2 amide bonds. The van der Waals surface area contributed by atoms with E-state index < -0.39 is 10.8 Å². The van der Waals surface area contributed by atoms with E-state index in [1.165, 1.54) is 25.3 Å². The minimum Gasteiger partial charge on any atom is -0.357 e. The van der Waals surface area contributed by atoms with Gasteiger partial charge in [-0.2, -0.15) is 0 Å². The molecule has 1 rings (SSSR count). The third-order valence-corrected chi connectivity index (χ3v) is 2.85. The minimum atomic E-state index is -0.569. The summed E-state index contributed by atoms with van der Waals surface area (Å²) in [5, 5.41) is 12.8. The fraction of sp³-hybridized carbons (Fsp3) is 0.200. The van der Waals surface area contributed by atoms with Gasteiger partial charge in [-0.1, -0.05) is 11.3 Å². The lowest BCUT2D eigenvalue weighted by molar-refractivity contribution is -0.380. The van der Waals surface area contributed by atoms with Crippen molar-refractivity contribution in [1.82, 2.24) is 10.8 Å². The first-order valence-electron chi connectivity index (χ1n) is 5.07. The number of nitrogens with zero attached hydrogens (tertiary/aromatic N) is 1. The number of carbonyl (C=O) groups excluding carboxylic acids is 2. The van der Waals surface area contributed by atoms with Gasteiger partial charge in [0.05, 0.1) is 4.92 Å². The average Bonchev–Trinajstić information content (AvgIpc) is 2.85. The van der Waals surface area contributed by atoms with E-state index in [9.17, 15) is 19.7 Å². The maximum absolute atomic E-state index is 11.2. The van der Waals surface area contributed by atoms with Gasteiger partial charge in [0.2, 0.25) is 5.91 Å². The van der Waals surface area contributed by atoms with Crippen LogP contribution in [0.1, 0.15) is 4.88 Å². The van der Waals surface area contributed by atoms with Crippen LogP contribution in [0.25, 0.3) is 6.08 Å². The van der Waals surface area contributed by atoms with Crippen LogP contribution in [0.4, 0.5) is 5.00 Å². The topological polar surface area (TPSA) is 111 Å². The summed E-state index contributed by atoms with van der Waals surface area (Å²) in [4.78, 5) is 37.1. The molecule has 0 fully saturated rings. The van der Waals surface area contributed by atoms with Gasteiger partial charge >= 0.3 is 5.00 Å². The fourth-order valence-electron chi connectivity index (χ4n) is 0.967. The molecular weight excluding hydrogens is 274 g/mol. The molecular formula is C10H11N3O5S. The second-order valence-electron chi connectivity index (χ2n) is 3.19. The van der Waals surface area contributed by atoms with Gasteiger partial charge in [0.15, 0.2) is 6.61 Å². The number of hydrogen-bond acceptors (Lipinski definition) is 6. The first kappa shape index (κ1) is 14.8. The Kier molecular flexibility index (Phi) is 5.64. The van der Waals surface area contributed by atoms with E-state index in [0.717, 1.165) is 17.4 Å². The van der Waals surface area contributed by atoms with Crippen molar-refractivity contribution in [1.29, 1.82) is 0 Å². The van der Waals surface area contributed by atoms with Crippen LogP contribution in [0.15, 0.2) is 18.2 Å². The van der Waals surface area contributed by atoms with Crippen LogP contribution in [0, 0.1) is 10.1 Å². The number of thiophene rings is 1. The largest absolute Gasteiger partial charge is 0.357 e. The maximum atomic E-state index is 11.2. The molecule has 9 heteroatoms. The molecule has 0 saturated heterocycles. The molecule has 0 spiro atoms. The monoisotopic (exact) mass is 285 g/mol. The Balaban J connectivity index is 2.40. The molecule has 0 aromatic carbocycles. The third-order valence-electron chi connectivity index (χ3n) is 1.85. The smallest absolute Gasteiger partial charge is 0.324 e. The van der Waals surface area contributed by atoms with Crippen molar-refractivity contribution in [3.05, 3.63) is 33.2 Å². The van der Waals surface area contributed by atoms with Crippen molar-refractivity contribution < 1.29 is 19.3 Å². The summed E-state index contributed by atoms with van der Waals surface area (Å²) in [6, 6.07) is 2.88. The van der Waals surface area contributed by atoms with E-state index in [1.807, 2.05) is 5.48 Å². The summed E-state index contributed by atoms with van der Waals surface area (Å²) in [7, 11) is 1.44. The number of nitro groups is 1. The molecule has 2 N–H and O–H groups in total. The number of carbonyl (C=O) groups is 2. The Labute approximate surface area is 112 Å². The van der Waals surface area contributed by atoms with E-state index in [-0.39, 0.29) is 17.5 Å². The molecule has 8 nitrogen and oxygen atoms in total. The Morgan fingerprint density at radius 3 is 2.84 bits per heavy atom. The molecule has 1 aromatic rings. The van der Waals surface area contributed by atoms with Crippen molar-refractivity contribution in [2.24, 2.45) is 0 Å². The van der Waals surface area contributed by atoms with Crippen molar-refractivity contribution in [2.45, 2.75) is 0 Å². The molecule has 0 aliphatic heterocycles. The van der Waals surface area contributed by atoms with E-state index in [2.05, 4.69) is 10.2 Å². The summed E-state index contributed by atoms with van der Waals surface area (Å²) < 4.78 is 0. The van der Waals surface area contributed by atoms with E-state index in [0.29, 0.717) is 4.88 Å². The maximum Gasteiger partial charge on any atom is 0.324 e. The van der Waals surface area contributed by atoms with Crippen molar-refractivity contribution in [3.63, 3.8) is 0 Å². The molecule has 0 unspecified atom stereocenters. The zero-order chi connectivity index (χ0) is 14.3. The highest BCUT2D eigenvalue weighted by molar-refractivity contribution is 7.16. The van der Waals surface area contributed by atoms with E-state index >= 15 is 0 Å². The standard InChI is InChI=1S/C10H11N3O5S/c1-11-9(15)6-18-12-8(14)4-2-7-3-5-10(19-7)13(16)17/h2-5H,6H2,1H3,(H,11,15)(H,12,14)/b4-2+. The molecule has 1 heterocycles. The van der Waals surface area contributed by atoms with Gasteiger partial charge in [-0.15, -0.1) is 0 Å². The lowest BCUT2D eigenvalue weighted by Crippen LogP contribution is -2.30. The number of rotatable bonds is 6. The van der Waals surface area contributed by atoms with Crippen molar-refractivity contribution >= 4 is 34.2 Å². The zero-order valence-electron chi connectivity index (χ0n) is 9.91. The van der Waals surface area contributed by atoms with Crippen LogP contribution in [0.3, 0.4) is 0 Å². The Hall–Kier alpha value is -2.26. The van der Waals surface area contributed by atoms with Gasteiger partial charge in [-0.05, 0) is 12.1 Å². The summed E-state index contributed by atoms with van der Waals surface area (Å²) in [5.74, 6) is -0.946. The second kappa shape index (κ2) is 7.24. The fourth-order valence-corrected chi connectivity index (χ4v) is 1.69. The predicted octanol–water partition coefficient (Wildman–Crippen LogP) is 0.463. The second-order valence-corrected chi connectivity index (χ2v) is 4.29. The lowest BCUT2D eigenvalue weighted by atomic mass is 10.4. The third kappa shape index (κ3) is 5.27. The quantitative estimate of drug-likeness (QED) is 0.448. The summed E-state index contributed by atoms with van der Waals surface area (Å²) in [6.45, 7) is -0.291. The SMILES string of the molecule is CNC(=O)CONC(=O)/C=C/c1ccc([N+](=O)[O-])s1. The number of likely N-dealkylation sites (N-methyl/N-ethyl adjacent to an activating group) is 1. The highest BCUT2D eigenvalue weighted by Crippen LogP contribution is 2.24. The van der Waals surface area contributed by atoms with Gasteiger partial charge in [0.25, 0.3) is 5.91 Å². The van der Waals surface area contributed by atoms with Crippen LogP contribution in [-0.4, -0.2) is 30.4 Å². The predicted molar refractivity (Wildman–Crippen MR) is 68.2 cm³/mol. The van der Waals surface area contributed by atoms with Crippen LogP contribution in [0.5, 0.6) is 0 Å². The van der Waals surface area contributed by atoms with Gasteiger partial charge < -0.3 is 5.32 Å². The first-order chi connectivity index (χ1) is 9.02. The van der Waals surface area contributed by atoms with E-state index in [4.69, 9.17) is 0 Å². The van der Waals surface area contributed by atoms with Crippen molar-refractivity contribution in [2.75, 3.05) is 13.7 Å². The normalized spacial score (nSPS) is 10.4. The molecule has 0 aliphatic carbocycles. The Bertz CT molecular complexity index is 511. The average molecular weight is 285 g/mol. The number of hydrogen-bond donors (Lipinski definition) is 2. The summed E-state index contributed by atoms with van der Waals surface area (Å²) in [6.07, 6.45) is 2.57. The summed E-state index contributed by atoms with van der Waals surface area (Å²) >= 11 is 0.945.